The molecular weight excluding hydrogens is 1600 g/mol. The van der Waals surface area contributed by atoms with E-state index in [-0.39, 0.29) is 21.7 Å². The van der Waals surface area contributed by atoms with Crippen LogP contribution in [0.1, 0.15) is 317 Å². The number of fused-ring (bicyclic) bond motifs is 20. The van der Waals surface area contributed by atoms with Gasteiger partial charge in [-0.05, 0) is 207 Å². The van der Waals surface area contributed by atoms with Crippen LogP contribution < -0.4 is 0 Å². The molecule has 0 aliphatic carbocycles. The highest BCUT2D eigenvalue weighted by Crippen LogP contribution is 2.48. The van der Waals surface area contributed by atoms with Gasteiger partial charge in [-0.2, -0.15) is 0 Å². The minimum absolute atomic E-state index is 0.173. The number of rotatable bonds is 14. The first kappa shape index (κ1) is 94.0. The molecule has 6 aromatic heterocycles. The van der Waals surface area contributed by atoms with Crippen molar-refractivity contribution in [1.82, 2.24) is 49.8 Å². The first-order valence-electron chi connectivity index (χ1n) is 47.2. The van der Waals surface area contributed by atoms with Crippen LogP contribution in [-0.2, 0) is 21.7 Å². The van der Waals surface area contributed by atoms with Gasteiger partial charge in [0.25, 0.3) is 0 Å². The third kappa shape index (κ3) is 17.2. The van der Waals surface area contributed by atoms with Crippen LogP contribution in [0.2, 0.25) is 66.5 Å². The Morgan fingerprint density at radius 3 is 0.754 bits per heavy atom. The third-order valence-corrected chi connectivity index (χ3v) is 54.4. The summed E-state index contributed by atoms with van der Waals surface area (Å²) in [6.07, 6.45) is 8.84. The van der Waals surface area contributed by atoms with E-state index in [1.165, 1.54) is 22.3 Å². The summed E-state index contributed by atoms with van der Waals surface area (Å²) >= 11 is 0. The van der Waals surface area contributed by atoms with Gasteiger partial charge in [0.2, 0.25) is 0 Å². The average Bonchev–Trinajstić information content (AvgIpc) is 1.57. The summed E-state index contributed by atoms with van der Waals surface area (Å²) in [5.74, 6) is 16.3. The quantitative estimate of drug-likeness (QED) is 0.0475. The van der Waals surface area contributed by atoms with Gasteiger partial charge in [-0.25, -0.2) is 19.9 Å². The smallest absolute Gasteiger partial charge is 0.146 e. The van der Waals surface area contributed by atoms with Gasteiger partial charge >= 0.3 is 0 Å². The summed E-state index contributed by atoms with van der Waals surface area (Å²) in [4.78, 5) is 48.8. The van der Waals surface area contributed by atoms with Crippen molar-refractivity contribution in [1.29, 1.82) is 0 Å². The first-order valence-corrected chi connectivity index (χ1v) is 56.1. The number of aromatic nitrogens is 10. The fourth-order valence-electron chi connectivity index (χ4n) is 22.1. The number of hydrogen-bond donors (Lipinski definition) is 6. The van der Waals surface area contributed by atoms with Gasteiger partial charge in [0.1, 0.15) is 43.3 Å². The number of benzene rings is 2. The van der Waals surface area contributed by atoms with Crippen molar-refractivity contribution >= 4 is 123 Å². The summed E-state index contributed by atoms with van der Waals surface area (Å²) in [6, 6.07) is 36.6. The predicted octanol–water partition coefficient (Wildman–Crippen LogP) is 31.3. The Hall–Kier alpha value is -9.65. The zero-order valence-electron chi connectivity index (χ0n) is 83.3. The third-order valence-electron chi connectivity index (χ3n) is 29.2. The highest BCUT2D eigenvalue weighted by atomic mass is 28.3. The molecule has 0 saturated carbocycles. The van der Waals surface area contributed by atoms with Gasteiger partial charge in [-0.3, -0.25) is 0 Å². The topological polar surface area (TPSA) is 146 Å². The fraction of sp³-hybridized carbons (Fsp3) is 0.464. The van der Waals surface area contributed by atoms with E-state index in [2.05, 4.69) is 446 Å². The Morgan fingerprint density at radius 2 is 0.484 bits per heavy atom. The van der Waals surface area contributed by atoms with E-state index in [9.17, 15) is 0 Å². The van der Waals surface area contributed by atoms with Gasteiger partial charge in [0, 0.05) is 33.2 Å². The number of aromatic amines is 6. The Morgan fingerprint density at radius 1 is 0.246 bits per heavy atom. The van der Waals surface area contributed by atoms with E-state index in [0.717, 1.165) is 144 Å². The zero-order valence-corrected chi connectivity index (χ0v) is 87.3. The highest BCUT2D eigenvalue weighted by molar-refractivity contribution is 6.92. The SMILES string of the molecule is CC(C)[Si](C#Cc1c2nc(c(-c3cc(C(C)(C)C)cc(C(C)(C)C)c3)c3ccc([nH]3)c(C#C[Si](C(C)C)(C(C)C)C(C)C)c3nc(cc4ccc1[nH]4)c1[nH]c4c5cc6ccc([nH]6)c(C#C[Si](C(C)C)(C(C)C)C(C)C)c6nc(c(-c7cc(C(C)(C)C)cc(C(C)(C)C)c7)c7ccc([nH]7)c(C#C[Si](C(C)C)(C(C)C)C(C)C)c(n5)c=4[nH]c3=1)C=C6)C=C2)(C(C)C)C(C)C. The second-order valence-electron chi connectivity index (χ2n) is 44.8. The molecule has 5 aliphatic heterocycles. The molecule has 0 fully saturated rings. The Bertz CT molecular complexity index is 6300. The molecule has 0 atom stereocenters. The van der Waals surface area contributed by atoms with Crippen LogP contribution in [0.15, 0.2) is 97.1 Å². The van der Waals surface area contributed by atoms with Crippen LogP contribution in [-0.4, -0.2) is 82.1 Å². The summed E-state index contributed by atoms with van der Waals surface area (Å²) in [7, 11) is -9.58. The standard InChI is InChI=1S/C112H146N10Si4/c1-65(2)123(66(3)4,67(5)6)53-49-85-89-39-37-83(113-89)63-99-105-107(103(119-99)87(51-55-125(71(13)14,72(15)16)73(17)18)93-43-47-97(117-93)101(95-45-41-91(85)115-95)77-57-79(109(25,26)27)61-80(58-77)110(28,29)30)122-108-104-88(52-56-126(74(19)20,75(21)22)76(23)24)94-44-48-98(118-94)102(78-59-81(111(31,32)33)62-82(60-78)112(34,35)36)96-46-42-92(116-96)86(50-54-124(68(7)8,69(9)10)70(11)12)90-40-38-84(114-90)64-100(120-104)106(108)121-105/h37-48,57-76,113-114,117-118,121-122H,1-36H3. The van der Waals surface area contributed by atoms with Crippen molar-refractivity contribution in [3.05, 3.63) is 186 Å². The van der Waals surface area contributed by atoms with Crippen LogP contribution in [0.3, 0.4) is 0 Å². The van der Waals surface area contributed by atoms with E-state index in [1.807, 2.05) is 0 Å². The lowest BCUT2D eigenvalue weighted by atomic mass is 9.78. The molecule has 660 valence electrons. The Labute approximate surface area is 758 Å². The zero-order chi connectivity index (χ0) is 92.3. The van der Waals surface area contributed by atoms with Crippen molar-refractivity contribution in [2.75, 3.05) is 0 Å². The van der Waals surface area contributed by atoms with E-state index >= 15 is 0 Å². The minimum atomic E-state index is -2.49. The van der Waals surface area contributed by atoms with Crippen LogP contribution in [0.5, 0.6) is 0 Å². The van der Waals surface area contributed by atoms with E-state index in [0.29, 0.717) is 77.5 Å². The van der Waals surface area contributed by atoms with Crippen LogP contribution in [0.25, 0.3) is 113 Å². The molecule has 16 bridgehead atoms. The Kier molecular flexibility index (Phi) is 25.9. The second kappa shape index (κ2) is 34.7. The average molecular weight is 1740 g/mol. The molecular formula is C112H146N10Si4. The molecule has 11 heterocycles. The maximum Gasteiger partial charge on any atom is 0.146 e. The largest absolute Gasteiger partial charge is 0.354 e. The molecule has 5 aliphatic rings. The van der Waals surface area contributed by atoms with Crippen LogP contribution >= 0.6 is 0 Å². The second-order valence-corrected chi connectivity index (χ2v) is 67.1. The lowest BCUT2D eigenvalue weighted by Crippen LogP contribution is -2.43. The summed E-state index contributed by atoms with van der Waals surface area (Å²) in [5.41, 5.74) is 46.5. The molecule has 13 rings (SSSR count). The van der Waals surface area contributed by atoms with Crippen molar-refractivity contribution in [3.8, 4) is 68.1 Å². The summed E-state index contributed by atoms with van der Waals surface area (Å²) < 4.78 is 0. The lowest BCUT2D eigenvalue weighted by Gasteiger charge is -2.38. The number of nitrogens with one attached hydrogen (secondary N) is 6. The van der Waals surface area contributed by atoms with E-state index < -0.39 is 32.3 Å². The molecule has 8 aromatic rings. The predicted molar refractivity (Wildman–Crippen MR) is 556 cm³/mol. The molecule has 14 heteroatoms. The normalized spacial score (nSPS) is 13.5. The van der Waals surface area contributed by atoms with Crippen LogP contribution in [0.4, 0.5) is 0 Å². The lowest BCUT2D eigenvalue weighted by molar-refractivity contribution is 0.568. The Balaban J connectivity index is 1.33. The molecule has 6 N–H and O–H groups in total. The van der Waals surface area contributed by atoms with E-state index in [4.69, 9.17) is 19.9 Å². The van der Waals surface area contributed by atoms with Crippen LogP contribution in [0, 0.1) is 67.3 Å². The molecule has 10 nitrogen and oxygen atoms in total. The van der Waals surface area contributed by atoms with Crippen molar-refractivity contribution in [3.63, 3.8) is 0 Å². The molecule has 0 radical (unpaired) electrons. The van der Waals surface area contributed by atoms with Crippen molar-refractivity contribution in [2.45, 2.75) is 337 Å². The molecule has 126 heavy (non-hydrogen) atoms. The minimum Gasteiger partial charge on any atom is -0.354 e. The first-order chi connectivity index (χ1) is 58.8. The van der Waals surface area contributed by atoms with E-state index in [1.54, 1.807) is 0 Å². The van der Waals surface area contributed by atoms with Gasteiger partial charge in [0.15, 0.2) is 0 Å². The summed E-state index contributed by atoms with van der Waals surface area (Å²) in [6.45, 7) is 85.5. The monoisotopic (exact) mass is 1740 g/mol. The molecule has 0 unspecified atom stereocenters. The van der Waals surface area contributed by atoms with Crippen molar-refractivity contribution in [2.24, 2.45) is 0 Å². The van der Waals surface area contributed by atoms with Gasteiger partial charge < -0.3 is 29.9 Å². The van der Waals surface area contributed by atoms with Gasteiger partial charge in [0.05, 0.1) is 99.5 Å². The molecule has 2 aromatic carbocycles. The molecule has 0 saturated heterocycles. The van der Waals surface area contributed by atoms with Gasteiger partial charge in [-0.15, -0.1) is 22.2 Å². The maximum absolute atomic E-state index is 6.07. The number of H-pyrrole nitrogens is 6. The summed E-state index contributed by atoms with van der Waals surface area (Å²) in [5, 5.41) is 3.18. The highest BCUT2D eigenvalue weighted by Gasteiger charge is 2.46. The number of nitrogens with zero attached hydrogens (tertiary/aromatic N) is 4. The maximum atomic E-state index is 6.07. The van der Waals surface area contributed by atoms with Gasteiger partial charge in [-0.1, -0.05) is 309 Å². The molecule has 0 amide bonds. The van der Waals surface area contributed by atoms with Crippen molar-refractivity contribution < 1.29 is 0 Å². The molecule has 0 spiro atoms. The fourth-order valence-corrected chi connectivity index (χ4v) is 43.0. The number of hydrogen-bond acceptors (Lipinski definition) is 4.